The molecule has 1 aromatic rings. The molecular formula is C16H23N3O3. The smallest absolute Gasteiger partial charge is 0.268 e. The molecule has 2 rings (SSSR count). The van der Waals surface area contributed by atoms with Gasteiger partial charge in [0.25, 0.3) is 5.91 Å². The van der Waals surface area contributed by atoms with Crippen molar-refractivity contribution in [3.05, 3.63) is 22.5 Å². The highest BCUT2D eigenvalue weighted by atomic mass is 16.2. The maximum absolute atomic E-state index is 12.3. The Morgan fingerprint density at radius 2 is 2.05 bits per heavy atom. The van der Waals surface area contributed by atoms with E-state index in [1.807, 2.05) is 6.92 Å². The number of nitrogens with one attached hydrogen (secondary N) is 3. The van der Waals surface area contributed by atoms with Crippen molar-refractivity contribution >= 4 is 17.6 Å². The Balaban J connectivity index is 2.10. The maximum Gasteiger partial charge on any atom is 0.268 e. The van der Waals surface area contributed by atoms with Gasteiger partial charge < -0.3 is 15.6 Å². The lowest BCUT2D eigenvalue weighted by molar-refractivity contribution is -0.122. The molecule has 0 aliphatic heterocycles. The number of aromatic amines is 1. The number of rotatable bonds is 5. The van der Waals surface area contributed by atoms with Crippen LogP contribution < -0.4 is 10.6 Å². The summed E-state index contributed by atoms with van der Waals surface area (Å²) in [7, 11) is 0. The zero-order valence-electron chi connectivity index (χ0n) is 13.3. The molecule has 1 aliphatic rings. The first-order valence-corrected chi connectivity index (χ1v) is 7.78. The number of Topliss-reactive ketones (excluding diaryl/α,β-unsaturated/α-hetero) is 1. The number of H-pyrrole nitrogens is 1. The van der Waals surface area contributed by atoms with Gasteiger partial charge in [-0.3, -0.25) is 14.4 Å². The maximum atomic E-state index is 12.3. The number of carbonyl (C=O) groups excluding carboxylic acids is 3. The van der Waals surface area contributed by atoms with E-state index >= 15 is 0 Å². The van der Waals surface area contributed by atoms with Crippen LogP contribution in [0.3, 0.4) is 0 Å². The van der Waals surface area contributed by atoms with E-state index in [9.17, 15) is 14.4 Å². The van der Waals surface area contributed by atoms with Gasteiger partial charge in [-0.25, -0.2) is 0 Å². The normalized spacial score (nSPS) is 15.1. The lowest BCUT2D eigenvalue weighted by Crippen LogP contribution is -2.45. The fraction of sp³-hybridized carbons (Fsp3) is 0.562. The SMILES string of the molecule is CCCNC(=O)[C@@H](C)NC(=O)c1[nH]c2c(c1C)C(=O)CCC2. The Bertz CT molecular complexity index is 604. The molecule has 0 aromatic carbocycles. The fourth-order valence-electron chi connectivity index (χ4n) is 2.74. The first-order valence-electron chi connectivity index (χ1n) is 7.78. The summed E-state index contributed by atoms with van der Waals surface area (Å²) in [4.78, 5) is 39.2. The van der Waals surface area contributed by atoms with Crippen molar-refractivity contribution < 1.29 is 14.4 Å². The third kappa shape index (κ3) is 3.21. The van der Waals surface area contributed by atoms with Crippen LogP contribution in [0, 0.1) is 6.92 Å². The van der Waals surface area contributed by atoms with E-state index in [0.29, 0.717) is 29.8 Å². The fourth-order valence-corrected chi connectivity index (χ4v) is 2.74. The first-order chi connectivity index (χ1) is 10.5. The van der Waals surface area contributed by atoms with E-state index < -0.39 is 6.04 Å². The summed E-state index contributed by atoms with van der Waals surface area (Å²) in [5.41, 5.74) is 2.55. The highest BCUT2D eigenvalue weighted by Crippen LogP contribution is 2.26. The van der Waals surface area contributed by atoms with Gasteiger partial charge in [-0.15, -0.1) is 0 Å². The van der Waals surface area contributed by atoms with Crippen LogP contribution in [0.4, 0.5) is 0 Å². The summed E-state index contributed by atoms with van der Waals surface area (Å²) in [6.07, 6.45) is 2.96. The van der Waals surface area contributed by atoms with Gasteiger partial charge in [0, 0.05) is 24.2 Å². The molecule has 3 N–H and O–H groups in total. The molecule has 6 heteroatoms. The van der Waals surface area contributed by atoms with Gasteiger partial charge >= 0.3 is 0 Å². The third-order valence-corrected chi connectivity index (χ3v) is 3.95. The Kier molecular flexibility index (Phi) is 5.00. The average Bonchev–Trinajstić information content (AvgIpc) is 2.83. The van der Waals surface area contributed by atoms with Gasteiger partial charge in [-0.1, -0.05) is 6.92 Å². The number of hydrogen-bond donors (Lipinski definition) is 3. The highest BCUT2D eigenvalue weighted by Gasteiger charge is 2.27. The Morgan fingerprint density at radius 3 is 2.68 bits per heavy atom. The van der Waals surface area contributed by atoms with Crippen molar-refractivity contribution in [2.24, 2.45) is 0 Å². The predicted molar refractivity (Wildman–Crippen MR) is 83.0 cm³/mol. The minimum atomic E-state index is -0.616. The second-order valence-corrected chi connectivity index (χ2v) is 5.74. The van der Waals surface area contributed by atoms with Crippen molar-refractivity contribution in [2.45, 2.75) is 52.5 Å². The van der Waals surface area contributed by atoms with Gasteiger partial charge in [0.2, 0.25) is 5.91 Å². The van der Waals surface area contributed by atoms with Crippen LogP contribution in [0.15, 0.2) is 0 Å². The second kappa shape index (κ2) is 6.77. The van der Waals surface area contributed by atoms with Gasteiger partial charge in [-0.05, 0) is 38.7 Å². The number of aryl methyl sites for hydroxylation is 1. The zero-order valence-corrected chi connectivity index (χ0v) is 13.3. The van der Waals surface area contributed by atoms with Crippen LogP contribution in [0.5, 0.6) is 0 Å². The van der Waals surface area contributed by atoms with Crippen molar-refractivity contribution in [3.8, 4) is 0 Å². The van der Waals surface area contributed by atoms with Gasteiger partial charge in [-0.2, -0.15) is 0 Å². The van der Waals surface area contributed by atoms with Crippen LogP contribution in [-0.2, 0) is 11.2 Å². The summed E-state index contributed by atoms with van der Waals surface area (Å²) in [6.45, 7) is 5.97. The van der Waals surface area contributed by atoms with Crippen molar-refractivity contribution in [2.75, 3.05) is 6.54 Å². The summed E-state index contributed by atoms with van der Waals surface area (Å²) in [6, 6.07) is -0.616. The number of fused-ring (bicyclic) bond motifs is 1. The summed E-state index contributed by atoms with van der Waals surface area (Å²) >= 11 is 0. The lowest BCUT2D eigenvalue weighted by atomic mass is 9.94. The molecule has 0 spiro atoms. The minimum absolute atomic E-state index is 0.0859. The van der Waals surface area contributed by atoms with Crippen LogP contribution in [0.1, 0.15) is 65.2 Å². The molecule has 120 valence electrons. The van der Waals surface area contributed by atoms with E-state index in [0.717, 1.165) is 25.0 Å². The summed E-state index contributed by atoms with van der Waals surface area (Å²) < 4.78 is 0. The molecule has 6 nitrogen and oxygen atoms in total. The number of carbonyl (C=O) groups is 3. The molecule has 0 saturated carbocycles. The van der Waals surface area contributed by atoms with Crippen LogP contribution in [-0.4, -0.2) is 35.2 Å². The number of aromatic nitrogens is 1. The largest absolute Gasteiger partial charge is 0.354 e. The quantitative estimate of drug-likeness (QED) is 0.769. The van der Waals surface area contributed by atoms with Crippen molar-refractivity contribution in [1.29, 1.82) is 0 Å². The van der Waals surface area contributed by atoms with Crippen LogP contribution in [0.2, 0.25) is 0 Å². The third-order valence-electron chi connectivity index (χ3n) is 3.95. The number of amides is 2. The van der Waals surface area contributed by atoms with Gasteiger partial charge in [0.1, 0.15) is 11.7 Å². The number of hydrogen-bond acceptors (Lipinski definition) is 3. The molecule has 0 unspecified atom stereocenters. The molecule has 0 bridgehead atoms. The second-order valence-electron chi connectivity index (χ2n) is 5.74. The van der Waals surface area contributed by atoms with Crippen LogP contribution >= 0.6 is 0 Å². The molecule has 0 saturated heterocycles. The molecule has 2 amide bonds. The number of ketones is 1. The van der Waals surface area contributed by atoms with Crippen molar-refractivity contribution in [3.63, 3.8) is 0 Å². The van der Waals surface area contributed by atoms with E-state index in [1.54, 1.807) is 13.8 Å². The van der Waals surface area contributed by atoms with E-state index in [2.05, 4.69) is 15.6 Å². The lowest BCUT2D eigenvalue weighted by Gasteiger charge is -2.13. The molecule has 1 aliphatic carbocycles. The predicted octanol–water partition coefficient (Wildman–Crippen LogP) is 1.49. The Morgan fingerprint density at radius 1 is 1.32 bits per heavy atom. The average molecular weight is 305 g/mol. The van der Waals surface area contributed by atoms with Crippen LogP contribution in [0.25, 0.3) is 0 Å². The molecule has 22 heavy (non-hydrogen) atoms. The van der Waals surface area contributed by atoms with Gasteiger partial charge in [0.15, 0.2) is 5.78 Å². The van der Waals surface area contributed by atoms with E-state index in [-0.39, 0.29) is 17.6 Å². The first kappa shape index (κ1) is 16.3. The summed E-state index contributed by atoms with van der Waals surface area (Å²) in [5, 5.41) is 5.42. The van der Waals surface area contributed by atoms with E-state index in [1.165, 1.54) is 0 Å². The molecule has 0 fully saturated rings. The van der Waals surface area contributed by atoms with Crippen molar-refractivity contribution in [1.82, 2.24) is 15.6 Å². The summed E-state index contributed by atoms with van der Waals surface area (Å²) in [5.74, 6) is -0.470. The molecular weight excluding hydrogens is 282 g/mol. The Labute approximate surface area is 130 Å². The standard InChI is InChI=1S/C16H23N3O3/c1-4-8-17-15(21)10(3)18-16(22)14-9(2)13-11(19-14)6-5-7-12(13)20/h10,19H,4-8H2,1-3H3,(H,17,21)(H,18,22)/t10-/m1/s1. The Hall–Kier alpha value is -2.11. The molecule has 1 atom stereocenters. The zero-order chi connectivity index (χ0) is 16.3. The molecule has 1 aromatic heterocycles. The molecule has 0 radical (unpaired) electrons. The monoisotopic (exact) mass is 305 g/mol. The highest BCUT2D eigenvalue weighted by molar-refractivity contribution is 6.05. The van der Waals surface area contributed by atoms with Gasteiger partial charge in [0.05, 0.1) is 0 Å². The minimum Gasteiger partial charge on any atom is -0.354 e. The molecule has 1 heterocycles. The van der Waals surface area contributed by atoms with E-state index in [4.69, 9.17) is 0 Å². The topological polar surface area (TPSA) is 91.1 Å².